The summed E-state index contributed by atoms with van der Waals surface area (Å²) in [5.74, 6) is -2.04. The van der Waals surface area contributed by atoms with E-state index in [9.17, 15) is 23.2 Å². The van der Waals surface area contributed by atoms with Crippen LogP contribution in [-0.4, -0.2) is 64.0 Å². The maximum atomic E-state index is 14.4. The topological polar surface area (TPSA) is 95.5 Å². The Morgan fingerprint density at radius 3 is 2.57 bits per heavy atom. The number of urea groups is 1. The first-order valence-corrected chi connectivity index (χ1v) is 11.8. The highest BCUT2D eigenvalue weighted by Gasteiger charge is 2.64. The van der Waals surface area contributed by atoms with Gasteiger partial charge in [-0.1, -0.05) is 19.9 Å². The first-order valence-electron chi connectivity index (χ1n) is 11.8. The van der Waals surface area contributed by atoms with E-state index in [1.165, 1.54) is 18.2 Å². The molecule has 0 unspecified atom stereocenters. The molecule has 2 bridgehead atoms. The van der Waals surface area contributed by atoms with Gasteiger partial charge in [0.15, 0.2) is 0 Å². The summed E-state index contributed by atoms with van der Waals surface area (Å²) in [4.78, 5) is 39.6. The summed E-state index contributed by atoms with van der Waals surface area (Å²) in [6.07, 6.45) is 1.64. The molecule has 2 heterocycles. The van der Waals surface area contributed by atoms with Crippen molar-refractivity contribution in [3.63, 3.8) is 0 Å². The van der Waals surface area contributed by atoms with E-state index in [4.69, 9.17) is 0 Å². The zero-order chi connectivity index (χ0) is 25.1. The van der Waals surface area contributed by atoms with Crippen LogP contribution in [0.3, 0.4) is 0 Å². The number of benzene rings is 1. The maximum Gasteiger partial charge on any atom is 0.325 e. The van der Waals surface area contributed by atoms with Crippen molar-refractivity contribution in [1.29, 1.82) is 0 Å². The third kappa shape index (κ3) is 3.33. The molecule has 0 spiro atoms. The van der Waals surface area contributed by atoms with E-state index in [0.717, 1.165) is 29.0 Å². The molecule has 2 aliphatic carbocycles. The Morgan fingerprint density at radius 2 is 1.94 bits per heavy atom. The number of amides is 4. The predicted octanol–water partition coefficient (Wildman–Crippen LogP) is 2.98. The van der Waals surface area contributed by atoms with E-state index in [0.29, 0.717) is 13.1 Å². The van der Waals surface area contributed by atoms with Gasteiger partial charge in [0.1, 0.15) is 18.2 Å². The molecule has 184 valence electrons. The first-order chi connectivity index (χ1) is 16.6. The summed E-state index contributed by atoms with van der Waals surface area (Å²) in [6.45, 7) is 6.44. The fraction of sp³-hybridized carbons (Fsp3) is 0.480. The fourth-order valence-corrected chi connectivity index (χ4v) is 6.19. The largest absolute Gasteiger partial charge is 0.340 e. The van der Waals surface area contributed by atoms with Crippen LogP contribution in [0.5, 0.6) is 0 Å². The average molecular weight is 484 g/mol. The number of imide groups is 1. The highest BCUT2D eigenvalue weighted by molar-refractivity contribution is 6.04. The first kappa shape index (κ1) is 23.3. The molecule has 2 aromatic rings. The summed E-state index contributed by atoms with van der Waals surface area (Å²) < 4.78 is 28.8. The summed E-state index contributed by atoms with van der Waals surface area (Å²) in [5, 5.41) is 11.1. The van der Waals surface area contributed by atoms with Crippen LogP contribution >= 0.6 is 0 Å². The van der Waals surface area contributed by atoms with E-state index in [2.05, 4.69) is 29.4 Å². The minimum absolute atomic E-state index is 0.0985. The van der Waals surface area contributed by atoms with Crippen molar-refractivity contribution in [2.75, 3.05) is 26.2 Å². The number of rotatable bonds is 6. The number of nitrogens with zero attached hydrogens (tertiary/aromatic N) is 4. The smallest absolute Gasteiger partial charge is 0.325 e. The van der Waals surface area contributed by atoms with Gasteiger partial charge in [-0.25, -0.2) is 13.6 Å². The van der Waals surface area contributed by atoms with Gasteiger partial charge in [0.2, 0.25) is 5.91 Å². The Hall–Kier alpha value is -3.43. The molecule has 0 radical (unpaired) electrons. The van der Waals surface area contributed by atoms with Gasteiger partial charge in [0.05, 0.1) is 23.5 Å². The Morgan fingerprint density at radius 1 is 1.23 bits per heavy atom. The van der Waals surface area contributed by atoms with Gasteiger partial charge in [-0.15, -0.1) is 0 Å². The van der Waals surface area contributed by atoms with Crippen LogP contribution in [0.2, 0.25) is 0 Å². The Kier molecular flexibility index (Phi) is 5.37. The molecule has 1 saturated heterocycles. The molecule has 3 aliphatic rings. The van der Waals surface area contributed by atoms with Crippen molar-refractivity contribution in [2.45, 2.75) is 44.9 Å². The van der Waals surface area contributed by atoms with Crippen molar-refractivity contribution in [3.8, 4) is 11.3 Å². The van der Waals surface area contributed by atoms with Crippen molar-refractivity contribution >= 4 is 17.8 Å². The second kappa shape index (κ2) is 8.07. The number of carbonyl (C=O) groups is 3. The lowest BCUT2D eigenvalue weighted by molar-refractivity contribution is -0.137. The maximum absolute atomic E-state index is 14.4. The minimum Gasteiger partial charge on any atom is -0.340 e. The normalized spacial score (nSPS) is 24.0. The molecule has 2 fully saturated rings. The van der Waals surface area contributed by atoms with Crippen LogP contribution in [-0.2, 0) is 15.0 Å². The van der Waals surface area contributed by atoms with Crippen molar-refractivity contribution in [3.05, 3.63) is 47.2 Å². The summed E-state index contributed by atoms with van der Waals surface area (Å²) in [6, 6.07) is 4.87. The highest BCUT2D eigenvalue weighted by atomic mass is 19.1. The van der Waals surface area contributed by atoms with Crippen LogP contribution in [0.25, 0.3) is 11.3 Å². The van der Waals surface area contributed by atoms with Crippen LogP contribution in [0.1, 0.15) is 50.8 Å². The number of aromatic nitrogens is 2. The SMILES string of the molecule is CCN(C[C@@]12CC[C@@H](c3cc(-c4c(F)cccc4F)nnc31)C2(C)C)C(=O)CN1C(=O)CNC1=O. The highest BCUT2D eigenvalue weighted by Crippen LogP contribution is 2.67. The summed E-state index contributed by atoms with van der Waals surface area (Å²) in [5.41, 5.74) is 0.823. The number of carbonyl (C=O) groups excluding carboxylic acids is 3. The second-order valence-corrected chi connectivity index (χ2v) is 10.1. The lowest BCUT2D eigenvalue weighted by Crippen LogP contribution is -2.51. The van der Waals surface area contributed by atoms with Crippen molar-refractivity contribution in [1.82, 2.24) is 25.3 Å². The lowest BCUT2D eigenvalue weighted by Gasteiger charge is -2.41. The molecule has 1 N–H and O–H groups in total. The van der Waals surface area contributed by atoms with Gasteiger partial charge >= 0.3 is 6.03 Å². The minimum atomic E-state index is -0.695. The van der Waals surface area contributed by atoms with Crippen molar-refractivity contribution in [2.24, 2.45) is 5.41 Å². The van der Waals surface area contributed by atoms with E-state index in [1.54, 1.807) is 11.0 Å². The fourth-order valence-electron chi connectivity index (χ4n) is 6.19. The Bertz CT molecular complexity index is 1210. The molecule has 5 rings (SSSR count). The average Bonchev–Trinajstić information content (AvgIpc) is 3.33. The number of hydrogen-bond acceptors (Lipinski definition) is 5. The van der Waals surface area contributed by atoms with Crippen LogP contribution in [0.4, 0.5) is 13.6 Å². The van der Waals surface area contributed by atoms with Gasteiger partial charge in [-0.05, 0) is 54.9 Å². The predicted molar refractivity (Wildman–Crippen MR) is 122 cm³/mol. The third-order valence-corrected chi connectivity index (χ3v) is 8.26. The molecule has 1 aromatic carbocycles. The molecule has 35 heavy (non-hydrogen) atoms. The zero-order valence-corrected chi connectivity index (χ0v) is 19.9. The van der Waals surface area contributed by atoms with Gasteiger partial charge in [0, 0.05) is 18.5 Å². The molecular weight excluding hydrogens is 456 g/mol. The van der Waals surface area contributed by atoms with Crippen molar-refractivity contribution < 1.29 is 23.2 Å². The monoisotopic (exact) mass is 483 g/mol. The molecule has 2 atom stereocenters. The van der Waals surface area contributed by atoms with Gasteiger partial charge < -0.3 is 10.2 Å². The molecule has 4 amide bonds. The third-order valence-electron chi connectivity index (χ3n) is 8.26. The second-order valence-electron chi connectivity index (χ2n) is 10.1. The number of likely N-dealkylation sites (N-methyl/N-ethyl adjacent to an activating group) is 1. The number of hydrogen-bond donors (Lipinski definition) is 1. The van der Waals surface area contributed by atoms with Crippen LogP contribution < -0.4 is 5.32 Å². The molecule has 1 aliphatic heterocycles. The molecule has 8 nitrogen and oxygen atoms in total. The van der Waals surface area contributed by atoms with Crippen LogP contribution in [0.15, 0.2) is 24.3 Å². The number of fused-ring (bicyclic) bond motifs is 5. The van der Waals surface area contributed by atoms with E-state index < -0.39 is 29.0 Å². The van der Waals surface area contributed by atoms with E-state index >= 15 is 0 Å². The molecule has 10 heteroatoms. The summed E-state index contributed by atoms with van der Waals surface area (Å²) in [7, 11) is 0. The lowest BCUT2D eigenvalue weighted by atomic mass is 9.68. The number of nitrogens with one attached hydrogen (secondary N) is 1. The van der Waals surface area contributed by atoms with Gasteiger partial charge in [-0.2, -0.15) is 10.2 Å². The van der Waals surface area contributed by atoms with E-state index in [1.807, 2.05) is 6.92 Å². The zero-order valence-electron chi connectivity index (χ0n) is 19.9. The molecular formula is C25H27F2N5O3. The van der Waals surface area contributed by atoms with Gasteiger partial charge in [0.25, 0.3) is 5.91 Å². The quantitative estimate of drug-likeness (QED) is 0.638. The number of halogens is 2. The molecule has 1 aromatic heterocycles. The standard InChI is InChI=1S/C25H27F2N5O3/c1-4-31(20(34)12-32-19(33)11-28-23(32)35)13-25-9-8-15(24(25,2)3)14-10-18(29-30-22(14)25)21-16(26)6-5-7-17(21)27/h5-7,10,15H,4,8-9,11-13H2,1-3H3,(H,28,35)/t15-,25-/m0/s1. The van der Waals surface area contributed by atoms with E-state index in [-0.39, 0.29) is 41.6 Å². The Labute approximate surface area is 201 Å². The summed E-state index contributed by atoms with van der Waals surface area (Å²) >= 11 is 0. The van der Waals surface area contributed by atoms with Crippen LogP contribution in [0, 0.1) is 17.0 Å². The van der Waals surface area contributed by atoms with Gasteiger partial charge in [-0.3, -0.25) is 14.5 Å². The molecule has 1 saturated carbocycles. The Balaban J connectivity index is 1.49.